The maximum atomic E-state index is 6.23. The van der Waals surface area contributed by atoms with Crippen molar-refractivity contribution in [2.24, 2.45) is 0 Å². The lowest BCUT2D eigenvalue weighted by Gasteiger charge is -2.21. The highest BCUT2D eigenvalue weighted by Crippen LogP contribution is 2.40. The zero-order valence-electron chi connectivity index (χ0n) is 17.3. The fourth-order valence-electron chi connectivity index (χ4n) is 3.39. The molecule has 0 saturated carbocycles. The Hall–Kier alpha value is -3.25. The van der Waals surface area contributed by atoms with Crippen LogP contribution in [0.25, 0.3) is 22.2 Å². The second-order valence-corrected chi connectivity index (χ2v) is 8.40. The molecule has 2 aromatic heterocycles. The predicted octanol–water partition coefficient (Wildman–Crippen LogP) is 5.89. The number of nitrogen functional groups attached to an aromatic ring is 1. The smallest absolute Gasteiger partial charge is 0.169 e. The molecule has 7 heteroatoms. The van der Waals surface area contributed by atoms with E-state index in [9.17, 15) is 0 Å². The highest BCUT2D eigenvalue weighted by molar-refractivity contribution is 6.30. The number of aromatic nitrogens is 3. The SMILES string of the molecule is COc1cc(-c2cn(C(C)(C)C)c3ncnc(N)c23)ccc1Oc1cccc(Cl)c1. The van der Waals surface area contributed by atoms with Crippen LogP contribution in [0.4, 0.5) is 5.82 Å². The third kappa shape index (κ3) is 3.66. The quantitative estimate of drug-likeness (QED) is 0.443. The monoisotopic (exact) mass is 422 g/mol. The first-order valence-electron chi connectivity index (χ1n) is 9.52. The average molecular weight is 423 g/mol. The van der Waals surface area contributed by atoms with Crippen LogP contribution in [0, 0.1) is 0 Å². The van der Waals surface area contributed by atoms with Gasteiger partial charge in [-0.3, -0.25) is 0 Å². The minimum atomic E-state index is -0.170. The molecule has 0 radical (unpaired) electrons. The summed E-state index contributed by atoms with van der Waals surface area (Å²) >= 11 is 6.06. The van der Waals surface area contributed by atoms with E-state index in [0.29, 0.717) is 28.1 Å². The summed E-state index contributed by atoms with van der Waals surface area (Å²) in [6.07, 6.45) is 3.55. The Morgan fingerprint density at radius 1 is 1.03 bits per heavy atom. The molecule has 0 spiro atoms. The van der Waals surface area contributed by atoms with Gasteiger partial charge in [0.15, 0.2) is 11.5 Å². The standard InChI is InChI=1S/C23H23ClN4O2/c1-23(2,3)28-12-17(20-21(25)26-13-27-22(20)28)14-8-9-18(19(10-14)29-4)30-16-7-5-6-15(24)11-16/h5-13H,1-4H3,(H2,25,26,27). The average Bonchev–Trinajstić information content (AvgIpc) is 3.10. The minimum Gasteiger partial charge on any atom is -0.493 e. The summed E-state index contributed by atoms with van der Waals surface area (Å²) in [5.41, 5.74) is 8.73. The highest BCUT2D eigenvalue weighted by atomic mass is 35.5. The van der Waals surface area contributed by atoms with Crippen molar-refractivity contribution in [2.45, 2.75) is 26.3 Å². The normalized spacial score (nSPS) is 11.6. The Labute approximate surface area is 180 Å². The van der Waals surface area contributed by atoms with E-state index in [2.05, 4.69) is 41.5 Å². The van der Waals surface area contributed by atoms with E-state index in [1.165, 1.54) is 6.33 Å². The van der Waals surface area contributed by atoms with Crippen molar-refractivity contribution in [2.75, 3.05) is 12.8 Å². The molecule has 0 aliphatic carbocycles. The van der Waals surface area contributed by atoms with E-state index in [1.807, 2.05) is 30.3 Å². The summed E-state index contributed by atoms with van der Waals surface area (Å²) < 4.78 is 13.7. The molecule has 0 fully saturated rings. The van der Waals surface area contributed by atoms with Gasteiger partial charge in [0.05, 0.1) is 12.5 Å². The molecule has 0 atom stereocenters. The van der Waals surface area contributed by atoms with Gasteiger partial charge in [0.2, 0.25) is 0 Å². The highest BCUT2D eigenvalue weighted by Gasteiger charge is 2.22. The molecule has 4 aromatic rings. The molecule has 4 rings (SSSR count). The fourth-order valence-corrected chi connectivity index (χ4v) is 3.57. The molecular weight excluding hydrogens is 400 g/mol. The number of anilines is 1. The summed E-state index contributed by atoms with van der Waals surface area (Å²) in [6.45, 7) is 6.37. The molecule has 0 aliphatic rings. The Morgan fingerprint density at radius 2 is 1.83 bits per heavy atom. The van der Waals surface area contributed by atoms with Gasteiger partial charge in [-0.05, 0) is 56.7 Å². The maximum Gasteiger partial charge on any atom is 0.169 e. The first kappa shape index (κ1) is 20.0. The van der Waals surface area contributed by atoms with Crippen molar-refractivity contribution < 1.29 is 9.47 Å². The fraction of sp³-hybridized carbons (Fsp3) is 0.217. The minimum absolute atomic E-state index is 0.170. The van der Waals surface area contributed by atoms with E-state index in [0.717, 1.165) is 22.2 Å². The van der Waals surface area contributed by atoms with Gasteiger partial charge in [-0.2, -0.15) is 0 Å². The Bertz CT molecular complexity index is 1230. The molecule has 154 valence electrons. The number of benzene rings is 2. The van der Waals surface area contributed by atoms with Crippen LogP contribution in [0.3, 0.4) is 0 Å². The molecular formula is C23H23ClN4O2. The van der Waals surface area contributed by atoms with Gasteiger partial charge in [-0.1, -0.05) is 23.7 Å². The number of nitrogens with two attached hydrogens (primary N) is 1. The van der Waals surface area contributed by atoms with Crippen LogP contribution in [0.15, 0.2) is 55.0 Å². The van der Waals surface area contributed by atoms with Crippen LogP contribution in [0.1, 0.15) is 20.8 Å². The first-order chi connectivity index (χ1) is 14.3. The molecule has 2 heterocycles. The molecule has 0 amide bonds. The number of hydrogen-bond acceptors (Lipinski definition) is 5. The van der Waals surface area contributed by atoms with Crippen molar-refractivity contribution in [1.29, 1.82) is 0 Å². The number of hydrogen-bond donors (Lipinski definition) is 1. The van der Waals surface area contributed by atoms with Gasteiger partial charge in [0, 0.05) is 22.3 Å². The van der Waals surface area contributed by atoms with Crippen molar-refractivity contribution in [1.82, 2.24) is 14.5 Å². The number of methoxy groups -OCH3 is 1. The lowest BCUT2D eigenvalue weighted by Crippen LogP contribution is -2.21. The van der Waals surface area contributed by atoms with Crippen LogP contribution in [0.5, 0.6) is 17.2 Å². The molecule has 0 saturated heterocycles. The summed E-state index contributed by atoms with van der Waals surface area (Å²) in [5.74, 6) is 2.26. The van der Waals surface area contributed by atoms with Gasteiger partial charge in [0.25, 0.3) is 0 Å². The summed E-state index contributed by atoms with van der Waals surface area (Å²) in [6, 6.07) is 13.0. The van der Waals surface area contributed by atoms with Gasteiger partial charge in [-0.25, -0.2) is 9.97 Å². The molecule has 0 bridgehead atoms. The molecule has 6 nitrogen and oxygen atoms in total. The van der Waals surface area contributed by atoms with E-state index >= 15 is 0 Å². The number of rotatable bonds is 4. The molecule has 0 unspecified atom stereocenters. The van der Waals surface area contributed by atoms with Crippen LogP contribution in [0.2, 0.25) is 5.02 Å². The molecule has 0 aliphatic heterocycles. The van der Waals surface area contributed by atoms with E-state index in [-0.39, 0.29) is 5.54 Å². The van der Waals surface area contributed by atoms with Crippen LogP contribution in [-0.4, -0.2) is 21.6 Å². The lowest BCUT2D eigenvalue weighted by molar-refractivity contribution is 0.379. The predicted molar refractivity (Wildman–Crippen MR) is 120 cm³/mol. The van der Waals surface area contributed by atoms with E-state index in [1.54, 1.807) is 19.2 Å². The van der Waals surface area contributed by atoms with E-state index in [4.69, 9.17) is 26.8 Å². The van der Waals surface area contributed by atoms with Crippen molar-refractivity contribution in [3.05, 3.63) is 60.0 Å². The number of ether oxygens (including phenoxy) is 2. The number of halogens is 1. The topological polar surface area (TPSA) is 75.2 Å². The molecule has 30 heavy (non-hydrogen) atoms. The van der Waals surface area contributed by atoms with Gasteiger partial charge in [-0.15, -0.1) is 0 Å². The number of nitrogens with zero attached hydrogens (tertiary/aromatic N) is 3. The maximum absolute atomic E-state index is 6.23. The third-order valence-electron chi connectivity index (χ3n) is 4.83. The van der Waals surface area contributed by atoms with Gasteiger partial charge in [0.1, 0.15) is 23.5 Å². The van der Waals surface area contributed by atoms with Crippen molar-refractivity contribution in [3.8, 4) is 28.4 Å². The molecule has 2 aromatic carbocycles. The molecule has 2 N–H and O–H groups in total. The second-order valence-electron chi connectivity index (χ2n) is 7.97. The van der Waals surface area contributed by atoms with E-state index < -0.39 is 0 Å². The first-order valence-corrected chi connectivity index (χ1v) is 9.89. The third-order valence-corrected chi connectivity index (χ3v) is 5.07. The van der Waals surface area contributed by atoms with Crippen molar-refractivity contribution in [3.63, 3.8) is 0 Å². The van der Waals surface area contributed by atoms with Crippen LogP contribution >= 0.6 is 11.6 Å². The summed E-state index contributed by atoms with van der Waals surface area (Å²) in [4.78, 5) is 8.68. The van der Waals surface area contributed by atoms with Gasteiger partial charge >= 0.3 is 0 Å². The number of fused-ring (bicyclic) bond motifs is 1. The Balaban J connectivity index is 1.83. The summed E-state index contributed by atoms with van der Waals surface area (Å²) in [5, 5.41) is 1.42. The Kier molecular flexibility index (Phi) is 5.03. The second kappa shape index (κ2) is 7.54. The van der Waals surface area contributed by atoms with Crippen molar-refractivity contribution >= 4 is 28.5 Å². The zero-order valence-corrected chi connectivity index (χ0v) is 18.1. The Morgan fingerprint density at radius 3 is 2.53 bits per heavy atom. The van der Waals surface area contributed by atoms with Gasteiger partial charge < -0.3 is 19.8 Å². The largest absolute Gasteiger partial charge is 0.493 e. The van der Waals surface area contributed by atoms with Crippen LogP contribution in [-0.2, 0) is 5.54 Å². The lowest BCUT2D eigenvalue weighted by atomic mass is 10.1. The zero-order chi connectivity index (χ0) is 21.5. The summed E-state index contributed by atoms with van der Waals surface area (Å²) in [7, 11) is 1.61. The van der Waals surface area contributed by atoms with Crippen LogP contribution < -0.4 is 15.2 Å².